The molecule has 5 nitrogen and oxygen atoms in total. The molecule has 72 valence electrons. The van der Waals surface area contributed by atoms with Gasteiger partial charge in [-0.1, -0.05) is 0 Å². The van der Waals surface area contributed by atoms with Gasteiger partial charge >= 0.3 is 0 Å². The van der Waals surface area contributed by atoms with E-state index in [4.69, 9.17) is 10.2 Å². The summed E-state index contributed by atoms with van der Waals surface area (Å²) in [5.41, 5.74) is 7.13. The summed E-state index contributed by atoms with van der Waals surface area (Å²) in [6.07, 6.45) is 1.68. The van der Waals surface area contributed by atoms with E-state index in [0.29, 0.717) is 18.3 Å². The van der Waals surface area contributed by atoms with E-state index in [1.807, 2.05) is 12.1 Å². The minimum Gasteiger partial charge on any atom is -0.421 e. The maximum atomic E-state index is 5.47. The minimum absolute atomic E-state index is 0.404. The highest BCUT2D eigenvalue weighted by Crippen LogP contribution is 2.17. The Morgan fingerprint density at radius 1 is 1.43 bits per heavy atom. The summed E-state index contributed by atoms with van der Waals surface area (Å²) in [5.74, 6) is 1.05. The van der Waals surface area contributed by atoms with Gasteiger partial charge in [0, 0.05) is 25.2 Å². The lowest BCUT2D eigenvalue weighted by Gasteiger charge is -1.97. The molecule has 0 bridgehead atoms. The van der Waals surface area contributed by atoms with Gasteiger partial charge in [0.15, 0.2) is 0 Å². The highest BCUT2D eigenvalue weighted by atomic mass is 16.4. The Kier molecular flexibility index (Phi) is 2.24. The highest BCUT2D eigenvalue weighted by molar-refractivity contribution is 5.52. The summed E-state index contributed by atoms with van der Waals surface area (Å²) in [7, 11) is 0. The van der Waals surface area contributed by atoms with Crippen LogP contribution in [-0.2, 0) is 6.54 Å². The zero-order valence-corrected chi connectivity index (χ0v) is 7.77. The van der Waals surface area contributed by atoms with Gasteiger partial charge in [0.05, 0.1) is 5.69 Å². The molecule has 0 aliphatic rings. The van der Waals surface area contributed by atoms with Crippen molar-refractivity contribution in [2.45, 2.75) is 13.5 Å². The third-order valence-electron chi connectivity index (χ3n) is 1.80. The molecule has 0 spiro atoms. The van der Waals surface area contributed by atoms with Gasteiger partial charge in [-0.15, -0.1) is 10.2 Å². The van der Waals surface area contributed by atoms with Crippen LogP contribution in [0.25, 0.3) is 11.5 Å². The van der Waals surface area contributed by atoms with E-state index in [0.717, 1.165) is 11.3 Å². The van der Waals surface area contributed by atoms with Gasteiger partial charge in [0.1, 0.15) is 0 Å². The lowest BCUT2D eigenvalue weighted by Crippen LogP contribution is -1.98. The second-order valence-electron chi connectivity index (χ2n) is 2.87. The third-order valence-corrected chi connectivity index (χ3v) is 1.80. The van der Waals surface area contributed by atoms with Gasteiger partial charge in [-0.05, 0) is 12.1 Å². The van der Waals surface area contributed by atoms with Gasteiger partial charge in [0.25, 0.3) is 0 Å². The van der Waals surface area contributed by atoms with Crippen LogP contribution in [0.5, 0.6) is 0 Å². The molecule has 2 aromatic heterocycles. The summed E-state index contributed by atoms with van der Waals surface area (Å²) in [5, 5.41) is 7.66. The van der Waals surface area contributed by atoms with Crippen LogP contribution in [0.1, 0.15) is 11.6 Å². The molecule has 0 fully saturated rings. The second-order valence-corrected chi connectivity index (χ2v) is 2.87. The summed E-state index contributed by atoms with van der Waals surface area (Å²) in [6.45, 7) is 2.16. The Morgan fingerprint density at radius 3 is 2.93 bits per heavy atom. The number of nitrogens with two attached hydrogens (primary N) is 1. The average Bonchev–Trinajstić information content (AvgIpc) is 2.65. The van der Waals surface area contributed by atoms with E-state index in [9.17, 15) is 0 Å². The molecule has 0 aliphatic heterocycles. The van der Waals surface area contributed by atoms with Crippen LogP contribution in [-0.4, -0.2) is 15.2 Å². The Morgan fingerprint density at radius 2 is 2.29 bits per heavy atom. The summed E-state index contributed by atoms with van der Waals surface area (Å²) in [6, 6.07) is 3.65. The quantitative estimate of drug-likeness (QED) is 0.761. The van der Waals surface area contributed by atoms with Crippen molar-refractivity contribution >= 4 is 0 Å². The van der Waals surface area contributed by atoms with Crippen LogP contribution >= 0.6 is 0 Å². The van der Waals surface area contributed by atoms with Crippen LogP contribution in [0.4, 0.5) is 0 Å². The molecular formula is C9H10N4O. The van der Waals surface area contributed by atoms with Gasteiger partial charge in [-0.3, -0.25) is 4.98 Å². The molecule has 2 heterocycles. The fourth-order valence-corrected chi connectivity index (χ4v) is 1.14. The van der Waals surface area contributed by atoms with Crippen molar-refractivity contribution in [3.8, 4) is 11.5 Å². The smallest absolute Gasteiger partial charge is 0.247 e. The zero-order chi connectivity index (χ0) is 9.97. The largest absolute Gasteiger partial charge is 0.421 e. The van der Waals surface area contributed by atoms with Crippen molar-refractivity contribution in [2.75, 3.05) is 0 Å². The highest BCUT2D eigenvalue weighted by Gasteiger charge is 2.05. The Balaban J connectivity index is 2.41. The van der Waals surface area contributed by atoms with E-state index < -0.39 is 0 Å². The van der Waals surface area contributed by atoms with E-state index in [-0.39, 0.29) is 0 Å². The molecular weight excluding hydrogens is 180 g/mol. The van der Waals surface area contributed by atoms with E-state index >= 15 is 0 Å². The first-order chi connectivity index (χ1) is 6.79. The number of rotatable bonds is 2. The van der Waals surface area contributed by atoms with Gasteiger partial charge in [0.2, 0.25) is 11.8 Å². The molecule has 2 aromatic rings. The molecule has 0 radical (unpaired) electrons. The molecule has 2 rings (SSSR count). The molecule has 0 unspecified atom stereocenters. The number of hydrogen-bond acceptors (Lipinski definition) is 5. The molecule has 0 amide bonds. The van der Waals surface area contributed by atoms with Crippen molar-refractivity contribution in [3.05, 3.63) is 29.9 Å². The SMILES string of the molecule is Cc1nnc(-c2ccnc(CN)c2)o1. The number of nitrogens with zero attached hydrogens (tertiary/aromatic N) is 3. The molecule has 0 saturated heterocycles. The monoisotopic (exact) mass is 190 g/mol. The van der Waals surface area contributed by atoms with Crippen molar-refractivity contribution < 1.29 is 4.42 Å². The minimum atomic E-state index is 0.404. The maximum Gasteiger partial charge on any atom is 0.247 e. The molecule has 14 heavy (non-hydrogen) atoms. The average molecular weight is 190 g/mol. The van der Waals surface area contributed by atoms with Crippen molar-refractivity contribution in [3.63, 3.8) is 0 Å². The Bertz CT molecular complexity index is 438. The fourth-order valence-electron chi connectivity index (χ4n) is 1.14. The number of aromatic nitrogens is 3. The zero-order valence-electron chi connectivity index (χ0n) is 7.77. The molecule has 0 saturated carbocycles. The summed E-state index contributed by atoms with van der Waals surface area (Å²) in [4.78, 5) is 4.08. The topological polar surface area (TPSA) is 77.8 Å². The number of aryl methyl sites for hydroxylation is 1. The Labute approximate surface area is 81.0 Å². The molecule has 2 N–H and O–H groups in total. The van der Waals surface area contributed by atoms with Crippen molar-refractivity contribution in [1.29, 1.82) is 0 Å². The summed E-state index contributed by atoms with van der Waals surface area (Å²) >= 11 is 0. The molecule has 5 heteroatoms. The lowest BCUT2D eigenvalue weighted by molar-refractivity contribution is 0.532. The van der Waals surface area contributed by atoms with Crippen LogP contribution in [0.3, 0.4) is 0 Å². The number of hydrogen-bond donors (Lipinski definition) is 1. The Hall–Kier alpha value is -1.75. The van der Waals surface area contributed by atoms with Crippen LogP contribution in [0.2, 0.25) is 0 Å². The van der Waals surface area contributed by atoms with Crippen molar-refractivity contribution in [1.82, 2.24) is 15.2 Å². The van der Waals surface area contributed by atoms with Gasteiger partial charge in [-0.2, -0.15) is 0 Å². The molecule has 0 aliphatic carbocycles. The first-order valence-electron chi connectivity index (χ1n) is 4.25. The lowest BCUT2D eigenvalue weighted by atomic mass is 10.2. The van der Waals surface area contributed by atoms with Gasteiger partial charge in [-0.25, -0.2) is 0 Å². The van der Waals surface area contributed by atoms with Crippen LogP contribution in [0, 0.1) is 6.92 Å². The van der Waals surface area contributed by atoms with E-state index in [1.165, 1.54) is 0 Å². The fraction of sp³-hybridized carbons (Fsp3) is 0.222. The van der Waals surface area contributed by atoms with E-state index in [1.54, 1.807) is 13.1 Å². The first kappa shape index (κ1) is 8.83. The second kappa shape index (κ2) is 3.55. The first-order valence-corrected chi connectivity index (χ1v) is 4.25. The normalized spacial score (nSPS) is 10.4. The molecule has 0 atom stereocenters. The third kappa shape index (κ3) is 1.62. The van der Waals surface area contributed by atoms with Gasteiger partial charge < -0.3 is 10.2 Å². The summed E-state index contributed by atoms with van der Waals surface area (Å²) < 4.78 is 5.28. The molecule has 0 aromatic carbocycles. The van der Waals surface area contributed by atoms with Crippen LogP contribution in [0.15, 0.2) is 22.7 Å². The number of pyridine rings is 1. The predicted octanol–water partition coefficient (Wildman–Crippen LogP) is 0.899. The standard InChI is InChI=1S/C9H10N4O/c1-6-12-13-9(14-6)7-2-3-11-8(4-7)5-10/h2-4H,5,10H2,1H3. The maximum absolute atomic E-state index is 5.47. The van der Waals surface area contributed by atoms with E-state index in [2.05, 4.69) is 15.2 Å². The van der Waals surface area contributed by atoms with Crippen molar-refractivity contribution in [2.24, 2.45) is 5.73 Å². The predicted molar refractivity (Wildman–Crippen MR) is 50.2 cm³/mol. The van der Waals surface area contributed by atoms with Crippen LogP contribution < -0.4 is 5.73 Å².